The van der Waals surface area contributed by atoms with E-state index in [1.165, 1.54) is 0 Å². The molecule has 0 saturated carbocycles. The number of nitrogens with zero attached hydrogens (tertiary/aromatic N) is 3. The van der Waals surface area contributed by atoms with Gasteiger partial charge in [0.2, 0.25) is 0 Å². The number of hydrogen-bond acceptors (Lipinski definition) is 3. The fourth-order valence-corrected chi connectivity index (χ4v) is 0.932. The summed E-state index contributed by atoms with van der Waals surface area (Å²) < 4.78 is 0. The molecule has 1 rings (SSSR count). The second-order valence-electron chi connectivity index (χ2n) is 2.62. The molecule has 1 fully saturated rings. The van der Waals surface area contributed by atoms with E-state index >= 15 is 0 Å². The fourth-order valence-electron chi connectivity index (χ4n) is 0.932. The van der Waals surface area contributed by atoms with Crippen molar-refractivity contribution < 1.29 is 0 Å². The standard InChI is InChI=1S/C6H15N3/c1-4-8(3)9-5-7(2)6-9/h4-6H2,1-3H3. The molecule has 9 heavy (non-hydrogen) atoms. The average Bonchev–Trinajstić information content (AvgIpc) is 1.79. The maximum absolute atomic E-state index is 2.31. The molecule has 0 aliphatic carbocycles. The second-order valence-corrected chi connectivity index (χ2v) is 2.62. The summed E-state index contributed by atoms with van der Waals surface area (Å²) in [6.07, 6.45) is 0. The van der Waals surface area contributed by atoms with E-state index in [2.05, 4.69) is 35.9 Å². The molecule has 0 N–H and O–H groups in total. The molecule has 0 aromatic heterocycles. The first-order valence-corrected chi connectivity index (χ1v) is 3.38. The van der Waals surface area contributed by atoms with Crippen LogP contribution in [0, 0.1) is 0 Å². The second kappa shape index (κ2) is 2.64. The first-order chi connectivity index (χ1) is 4.24. The van der Waals surface area contributed by atoms with Gasteiger partial charge in [-0.25, -0.2) is 10.0 Å². The summed E-state index contributed by atoms with van der Waals surface area (Å²) in [4.78, 5) is 2.27. The van der Waals surface area contributed by atoms with Crippen LogP contribution in [0.15, 0.2) is 0 Å². The molecule has 0 bridgehead atoms. The molecule has 1 saturated heterocycles. The maximum Gasteiger partial charge on any atom is 0.0671 e. The van der Waals surface area contributed by atoms with Gasteiger partial charge in [-0.3, -0.25) is 4.90 Å². The maximum atomic E-state index is 2.31. The fraction of sp³-hybridized carbons (Fsp3) is 1.00. The highest BCUT2D eigenvalue weighted by Crippen LogP contribution is 2.06. The van der Waals surface area contributed by atoms with E-state index in [1.54, 1.807) is 0 Å². The van der Waals surface area contributed by atoms with Crippen LogP contribution < -0.4 is 0 Å². The van der Waals surface area contributed by atoms with E-state index in [4.69, 9.17) is 0 Å². The van der Waals surface area contributed by atoms with Gasteiger partial charge >= 0.3 is 0 Å². The minimum Gasteiger partial charge on any atom is -0.278 e. The van der Waals surface area contributed by atoms with Crippen molar-refractivity contribution in [2.24, 2.45) is 0 Å². The van der Waals surface area contributed by atoms with E-state index < -0.39 is 0 Å². The van der Waals surface area contributed by atoms with Crippen LogP contribution in [0.4, 0.5) is 0 Å². The van der Waals surface area contributed by atoms with Crippen LogP contribution >= 0.6 is 0 Å². The lowest BCUT2D eigenvalue weighted by Gasteiger charge is -2.44. The van der Waals surface area contributed by atoms with Crippen molar-refractivity contribution >= 4 is 0 Å². The van der Waals surface area contributed by atoms with Gasteiger partial charge in [0.15, 0.2) is 0 Å². The lowest BCUT2D eigenvalue weighted by Crippen LogP contribution is -2.59. The molecular weight excluding hydrogens is 114 g/mol. The minimum absolute atomic E-state index is 1.09. The summed E-state index contributed by atoms with van der Waals surface area (Å²) in [5.74, 6) is 0. The Morgan fingerprint density at radius 1 is 1.44 bits per heavy atom. The van der Waals surface area contributed by atoms with Gasteiger partial charge < -0.3 is 0 Å². The number of hydrogen-bond donors (Lipinski definition) is 0. The van der Waals surface area contributed by atoms with Gasteiger partial charge in [0, 0.05) is 13.6 Å². The highest BCUT2D eigenvalue weighted by Gasteiger charge is 2.21. The molecule has 0 radical (unpaired) electrons. The molecule has 3 nitrogen and oxygen atoms in total. The number of hydrazine groups is 1. The van der Waals surface area contributed by atoms with Gasteiger partial charge in [-0.2, -0.15) is 0 Å². The van der Waals surface area contributed by atoms with Crippen LogP contribution in [0.1, 0.15) is 6.92 Å². The molecule has 0 aromatic carbocycles. The topological polar surface area (TPSA) is 9.72 Å². The summed E-state index contributed by atoms with van der Waals surface area (Å²) in [6.45, 7) is 5.45. The Balaban J connectivity index is 2.15. The zero-order chi connectivity index (χ0) is 6.85. The number of rotatable bonds is 2. The Bertz CT molecular complexity index is 88.3. The summed E-state index contributed by atoms with van der Waals surface area (Å²) in [6, 6.07) is 0. The monoisotopic (exact) mass is 129 g/mol. The first kappa shape index (κ1) is 6.99. The van der Waals surface area contributed by atoms with Gasteiger partial charge in [0.25, 0.3) is 0 Å². The zero-order valence-corrected chi connectivity index (χ0v) is 6.46. The van der Waals surface area contributed by atoms with Gasteiger partial charge in [-0.1, -0.05) is 6.92 Å². The van der Waals surface area contributed by atoms with Crippen molar-refractivity contribution in [1.82, 2.24) is 14.9 Å². The van der Waals surface area contributed by atoms with Gasteiger partial charge in [0.1, 0.15) is 0 Å². The van der Waals surface area contributed by atoms with E-state index in [9.17, 15) is 0 Å². The Morgan fingerprint density at radius 2 is 2.00 bits per heavy atom. The van der Waals surface area contributed by atoms with Crippen molar-refractivity contribution in [3.05, 3.63) is 0 Å². The lowest BCUT2D eigenvalue weighted by molar-refractivity contribution is -0.148. The van der Waals surface area contributed by atoms with Crippen molar-refractivity contribution in [3.63, 3.8) is 0 Å². The minimum atomic E-state index is 1.09. The molecule has 0 spiro atoms. The van der Waals surface area contributed by atoms with Crippen molar-refractivity contribution in [3.8, 4) is 0 Å². The molecule has 54 valence electrons. The summed E-state index contributed by atoms with van der Waals surface area (Å²) in [5.41, 5.74) is 0. The molecule has 1 aliphatic rings. The smallest absolute Gasteiger partial charge is 0.0671 e. The van der Waals surface area contributed by atoms with Crippen molar-refractivity contribution in [1.29, 1.82) is 0 Å². The van der Waals surface area contributed by atoms with Crippen molar-refractivity contribution in [2.75, 3.05) is 34.0 Å². The zero-order valence-electron chi connectivity index (χ0n) is 6.46. The van der Waals surface area contributed by atoms with E-state index in [0.717, 1.165) is 19.9 Å². The van der Waals surface area contributed by atoms with E-state index in [-0.39, 0.29) is 0 Å². The normalized spacial score (nSPS) is 22.7. The largest absolute Gasteiger partial charge is 0.278 e. The van der Waals surface area contributed by atoms with Crippen LogP contribution in [-0.2, 0) is 0 Å². The molecule has 0 amide bonds. The predicted octanol–water partition coefficient (Wildman–Crippen LogP) is 0.0155. The Labute approximate surface area is 56.8 Å². The first-order valence-electron chi connectivity index (χ1n) is 3.38. The van der Waals surface area contributed by atoms with E-state index in [0.29, 0.717) is 0 Å². The predicted molar refractivity (Wildman–Crippen MR) is 37.6 cm³/mol. The highest BCUT2D eigenvalue weighted by molar-refractivity contribution is 4.61. The molecule has 3 heteroatoms. The average molecular weight is 129 g/mol. The van der Waals surface area contributed by atoms with Gasteiger partial charge in [-0.15, -0.1) is 0 Å². The van der Waals surface area contributed by atoms with Crippen LogP contribution in [-0.4, -0.2) is 48.9 Å². The van der Waals surface area contributed by atoms with E-state index in [1.807, 2.05) is 0 Å². The highest BCUT2D eigenvalue weighted by atomic mass is 15.7. The Morgan fingerprint density at radius 3 is 2.33 bits per heavy atom. The summed E-state index contributed by atoms with van der Waals surface area (Å²) in [7, 11) is 4.24. The molecule has 0 unspecified atom stereocenters. The quantitative estimate of drug-likeness (QED) is 0.520. The third-order valence-electron chi connectivity index (χ3n) is 1.75. The van der Waals surface area contributed by atoms with Crippen LogP contribution in [0.5, 0.6) is 0 Å². The molecule has 0 atom stereocenters. The molecular formula is C6H15N3. The molecule has 1 heterocycles. The van der Waals surface area contributed by atoms with Crippen molar-refractivity contribution in [2.45, 2.75) is 6.92 Å². The molecule has 0 aromatic rings. The third kappa shape index (κ3) is 1.41. The summed E-state index contributed by atoms with van der Waals surface area (Å²) >= 11 is 0. The van der Waals surface area contributed by atoms with Crippen LogP contribution in [0.25, 0.3) is 0 Å². The summed E-state index contributed by atoms with van der Waals surface area (Å²) in [5, 5.41) is 4.54. The Kier molecular flexibility index (Phi) is 2.05. The third-order valence-corrected chi connectivity index (χ3v) is 1.75. The van der Waals surface area contributed by atoms with Gasteiger partial charge in [-0.05, 0) is 7.05 Å². The molecule has 1 aliphatic heterocycles. The van der Waals surface area contributed by atoms with Crippen LogP contribution in [0.2, 0.25) is 0 Å². The van der Waals surface area contributed by atoms with Gasteiger partial charge in [0.05, 0.1) is 13.3 Å². The Hall–Kier alpha value is -0.120. The SMILES string of the molecule is CCN(C)N1CN(C)C1. The lowest BCUT2D eigenvalue weighted by atomic mass is 10.6. The van der Waals surface area contributed by atoms with Crippen LogP contribution in [0.3, 0.4) is 0 Å².